The standard InChI is InChI=1S/C58H34SSe/c1-2-17-35(18-3-1)52-37-20-4-6-22-39(37)55(40-23-7-5-21-38(40)52)48-31-15-32-49-56-46(29-16-34-51(56)60-58(48)49)53-41-24-8-10-26-43(41)54(44-27-11-9-25-42(44)53)47-30-14-28-45-36-19-12-13-33-50(36)59-57(45)47/h1-34H. The van der Waals surface area contributed by atoms with Crippen LogP contribution in [0.4, 0.5) is 0 Å². The Bertz CT molecular complexity index is 3770. The first-order valence-electron chi connectivity index (χ1n) is 20.6. The molecule has 0 spiro atoms. The minimum absolute atomic E-state index is 0.111. The summed E-state index contributed by atoms with van der Waals surface area (Å²) in [6, 6.07) is 77.2. The van der Waals surface area contributed by atoms with E-state index in [9.17, 15) is 0 Å². The first-order valence-corrected chi connectivity index (χ1v) is 23.1. The van der Waals surface area contributed by atoms with Gasteiger partial charge in [-0.2, -0.15) is 0 Å². The molecule has 13 rings (SSSR count). The van der Waals surface area contributed by atoms with Crippen molar-refractivity contribution in [2.45, 2.75) is 0 Å². The summed E-state index contributed by atoms with van der Waals surface area (Å²) >= 11 is 2.02. The zero-order chi connectivity index (χ0) is 39.3. The summed E-state index contributed by atoms with van der Waals surface area (Å²) < 4.78 is 5.60. The molecule has 0 N–H and O–H groups in total. The van der Waals surface area contributed by atoms with Crippen LogP contribution in [0.15, 0.2) is 206 Å². The summed E-state index contributed by atoms with van der Waals surface area (Å²) in [7, 11) is 0. The molecular formula is C58H34SSe. The molecule has 0 fully saturated rings. The molecule has 2 heteroatoms. The number of benzene rings is 11. The number of hydrogen-bond acceptors (Lipinski definition) is 1. The van der Waals surface area contributed by atoms with Crippen molar-refractivity contribution < 1.29 is 0 Å². The van der Waals surface area contributed by atoms with E-state index < -0.39 is 0 Å². The van der Waals surface area contributed by atoms with E-state index in [0.29, 0.717) is 0 Å². The van der Waals surface area contributed by atoms with E-state index in [1.54, 1.807) is 0 Å². The van der Waals surface area contributed by atoms with Crippen LogP contribution in [0, 0.1) is 0 Å². The van der Waals surface area contributed by atoms with Crippen molar-refractivity contribution in [1.82, 2.24) is 0 Å². The molecule has 0 aliphatic rings. The summed E-state index contributed by atoms with van der Waals surface area (Å²) in [5.74, 6) is 0. The molecule has 0 bridgehead atoms. The summed E-state index contributed by atoms with van der Waals surface area (Å²) in [4.78, 5) is 0. The Morgan fingerprint density at radius 2 is 0.700 bits per heavy atom. The fourth-order valence-electron chi connectivity index (χ4n) is 10.2. The third-order valence-corrected chi connectivity index (χ3v) is 16.4. The Hall–Kier alpha value is -6.80. The van der Waals surface area contributed by atoms with Gasteiger partial charge in [0.05, 0.1) is 0 Å². The Balaban J connectivity index is 1.11. The summed E-state index contributed by atoms with van der Waals surface area (Å²) in [5, 5.41) is 15.8. The maximum absolute atomic E-state index is 2.39. The Morgan fingerprint density at radius 3 is 1.30 bits per heavy atom. The molecule has 11 aromatic carbocycles. The van der Waals surface area contributed by atoms with Crippen molar-refractivity contribution in [3.63, 3.8) is 0 Å². The molecule has 0 aliphatic heterocycles. The van der Waals surface area contributed by atoms with Crippen molar-refractivity contribution >= 4 is 108 Å². The SMILES string of the molecule is c1ccc(-c2c3ccccc3c(-c3cccc4c3[se]c3cccc(-c5c6ccccc6c(-c6cccc7c6sc6ccccc67)c6ccccc56)c34)c3ccccc23)cc1. The molecule has 0 saturated carbocycles. The van der Waals surface area contributed by atoms with Crippen LogP contribution in [0.2, 0.25) is 0 Å². The maximum atomic E-state index is 2.39. The van der Waals surface area contributed by atoms with Crippen LogP contribution in [0.1, 0.15) is 0 Å². The molecule has 60 heavy (non-hydrogen) atoms. The van der Waals surface area contributed by atoms with E-state index in [0.717, 1.165) is 0 Å². The van der Waals surface area contributed by atoms with E-state index in [1.165, 1.54) is 127 Å². The minimum atomic E-state index is 0.111. The topological polar surface area (TPSA) is 0 Å². The molecule has 2 aromatic heterocycles. The first kappa shape index (κ1) is 34.1. The second-order valence-electron chi connectivity index (χ2n) is 15.8. The molecule has 0 saturated heterocycles. The summed E-state index contributed by atoms with van der Waals surface area (Å²) in [6.07, 6.45) is 0. The predicted molar refractivity (Wildman–Crippen MR) is 263 cm³/mol. The van der Waals surface area contributed by atoms with Crippen molar-refractivity contribution in [2.75, 3.05) is 0 Å². The van der Waals surface area contributed by atoms with Gasteiger partial charge in [0.2, 0.25) is 0 Å². The quantitative estimate of drug-likeness (QED) is 0.122. The van der Waals surface area contributed by atoms with Crippen molar-refractivity contribution in [3.8, 4) is 44.5 Å². The van der Waals surface area contributed by atoms with E-state index in [-0.39, 0.29) is 14.5 Å². The van der Waals surface area contributed by atoms with E-state index in [4.69, 9.17) is 0 Å². The second-order valence-corrected chi connectivity index (χ2v) is 19.1. The molecule has 0 unspecified atom stereocenters. The van der Waals surface area contributed by atoms with Crippen molar-refractivity contribution in [2.24, 2.45) is 0 Å². The van der Waals surface area contributed by atoms with Crippen molar-refractivity contribution in [1.29, 1.82) is 0 Å². The third-order valence-electron chi connectivity index (χ3n) is 12.7. The fraction of sp³-hybridized carbons (Fsp3) is 0. The van der Waals surface area contributed by atoms with Crippen LogP contribution in [0.25, 0.3) is 127 Å². The molecule has 13 aromatic rings. The zero-order valence-corrected chi connectivity index (χ0v) is 35.0. The van der Waals surface area contributed by atoms with Gasteiger partial charge in [-0.05, 0) is 0 Å². The van der Waals surface area contributed by atoms with Gasteiger partial charge in [0.1, 0.15) is 0 Å². The Labute approximate surface area is 357 Å². The van der Waals surface area contributed by atoms with E-state index in [1.807, 2.05) is 11.3 Å². The molecule has 0 amide bonds. The number of hydrogen-bond donors (Lipinski definition) is 0. The number of fused-ring (bicyclic) bond motifs is 10. The van der Waals surface area contributed by atoms with Gasteiger partial charge in [-0.15, -0.1) is 0 Å². The van der Waals surface area contributed by atoms with Gasteiger partial charge in [-0.1, -0.05) is 12.1 Å². The number of rotatable bonds is 4. The summed E-state index contributed by atoms with van der Waals surface area (Å²) in [6.45, 7) is 0. The molecule has 0 aliphatic carbocycles. The zero-order valence-electron chi connectivity index (χ0n) is 32.4. The molecule has 0 atom stereocenters. The van der Waals surface area contributed by atoms with Crippen LogP contribution in [-0.4, -0.2) is 14.5 Å². The van der Waals surface area contributed by atoms with Crippen LogP contribution < -0.4 is 0 Å². The van der Waals surface area contributed by atoms with Crippen LogP contribution in [0.5, 0.6) is 0 Å². The van der Waals surface area contributed by atoms with Crippen LogP contribution in [-0.2, 0) is 0 Å². The number of thiophene rings is 1. The average Bonchev–Trinajstić information content (AvgIpc) is 3.90. The molecular weight excluding hydrogens is 808 g/mol. The average molecular weight is 842 g/mol. The molecule has 0 radical (unpaired) electrons. The van der Waals surface area contributed by atoms with Gasteiger partial charge in [-0.3, -0.25) is 0 Å². The molecule has 278 valence electrons. The first-order chi connectivity index (χ1) is 29.8. The van der Waals surface area contributed by atoms with Gasteiger partial charge in [-0.25, -0.2) is 0 Å². The van der Waals surface area contributed by atoms with Crippen LogP contribution >= 0.6 is 11.3 Å². The predicted octanol–water partition coefficient (Wildman–Crippen LogP) is 16.7. The second kappa shape index (κ2) is 13.4. The normalized spacial score (nSPS) is 12.0. The van der Waals surface area contributed by atoms with Gasteiger partial charge >= 0.3 is 347 Å². The van der Waals surface area contributed by atoms with Gasteiger partial charge in [0.15, 0.2) is 0 Å². The summed E-state index contributed by atoms with van der Waals surface area (Å²) in [5.41, 5.74) is 10.5. The van der Waals surface area contributed by atoms with Gasteiger partial charge in [0, 0.05) is 0 Å². The van der Waals surface area contributed by atoms with Gasteiger partial charge in [0.25, 0.3) is 0 Å². The molecule has 0 nitrogen and oxygen atoms in total. The monoisotopic (exact) mass is 842 g/mol. The fourth-order valence-corrected chi connectivity index (χ4v) is 14.1. The van der Waals surface area contributed by atoms with Crippen LogP contribution in [0.3, 0.4) is 0 Å². The molecule has 2 heterocycles. The third kappa shape index (κ3) is 4.90. The van der Waals surface area contributed by atoms with Crippen molar-refractivity contribution in [3.05, 3.63) is 206 Å². The van der Waals surface area contributed by atoms with E-state index in [2.05, 4.69) is 206 Å². The van der Waals surface area contributed by atoms with Gasteiger partial charge < -0.3 is 0 Å². The Morgan fingerprint density at radius 1 is 0.283 bits per heavy atom. The van der Waals surface area contributed by atoms with E-state index >= 15 is 0 Å². The Kier molecular flexibility index (Phi) is 7.59.